The van der Waals surface area contributed by atoms with Gasteiger partial charge in [0, 0.05) is 6.54 Å². The number of benzene rings is 1. The summed E-state index contributed by atoms with van der Waals surface area (Å²) in [6, 6.07) is 9.19. The molecule has 2 heterocycles. The molecule has 1 amide bonds. The largest absolute Gasteiger partial charge is 0.347 e. The van der Waals surface area contributed by atoms with Crippen molar-refractivity contribution in [1.29, 1.82) is 0 Å². The molecule has 106 valence electrons. The van der Waals surface area contributed by atoms with Crippen LogP contribution in [-0.2, 0) is 6.54 Å². The van der Waals surface area contributed by atoms with Crippen LogP contribution in [0.5, 0.6) is 0 Å². The van der Waals surface area contributed by atoms with E-state index in [0.29, 0.717) is 17.3 Å². The first-order chi connectivity index (χ1) is 10.1. The number of nitrogens with one attached hydrogen (secondary N) is 1. The van der Waals surface area contributed by atoms with Crippen molar-refractivity contribution >= 4 is 23.2 Å². The summed E-state index contributed by atoms with van der Waals surface area (Å²) < 4.78 is 14.2. The number of amides is 1. The van der Waals surface area contributed by atoms with Crippen molar-refractivity contribution in [3.8, 4) is 0 Å². The van der Waals surface area contributed by atoms with E-state index < -0.39 is 0 Å². The molecule has 0 saturated heterocycles. The number of imidazole rings is 1. The molecule has 7 heteroatoms. The van der Waals surface area contributed by atoms with Crippen molar-refractivity contribution in [1.82, 2.24) is 19.9 Å². The molecule has 0 atom stereocenters. The molecule has 1 N–H and O–H groups in total. The first-order valence-corrected chi connectivity index (χ1v) is 6.54. The monoisotopic (exact) mass is 304 g/mol. The third-order valence-electron chi connectivity index (χ3n) is 2.89. The molecule has 3 aromatic rings. The van der Waals surface area contributed by atoms with E-state index in [1.54, 1.807) is 24.3 Å². The van der Waals surface area contributed by atoms with Gasteiger partial charge < -0.3 is 5.32 Å². The Bertz CT molecular complexity index is 800. The maximum Gasteiger partial charge on any atom is 0.271 e. The van der Waals surface area contributed by atoms with Gasteiger partial charge in [-0.15, -0.1) is 0 Å². The minimum Gasteiger partial charge on any atom is -0.347 e. The van der Waals surface area contributed by atoms with Crippen LogP contribution < -0.4 is 5.32 Å². The van der Waals surface area contributed by atoms with Crippen LogP contribution >= 0.6 is 11.6 Å². The molecule has 0 unspecified atom stereocenters. The van der Waals surface area contributed by atoms with Gasteiger partial charge in [-0.25, -0.2) is 13.9 Å². The summed E-state index contributed by atoms with van der Waals surface area (Å²) in [6.45, 7) is 0.293. The highest BCUT2D eigenvalue weighted by Crippen LogP contribution is 2.08. The van der Waals surface area contributed by atoms with Crippen LogP contribution in [0.1, 0.15) is 16.1 Å². The molecule has 0 bridgehead atoms. The highest BCUT2D eigenvalue weighted by atomic mass is 35.5. The predicted octanol–water partition coefficient (Wildman–Crippen LogP) is 2.45. The maximum atomic E-state index is 12.8. The standard InChI is InChI=1S/C14H10ClFN4O/c15-12-5-6-13-18-11(8-20(13)19-12)14(21)17-7-9-1-3-10(16)4-2-9/h1-6,8H,7H2,(H,17,21). The molecule has 21 heavy (non-hydrogen) atoms. The molecule has 0 aliphatic rings. The summed E-state index contributed by atoms with van der Waals surface area (Å²) in [7, 11) is 0. The Hall–Kier alpha value is -2.47. The Balaban J connectivity index is 1.73. The molecule has 0 spiro atoms. The summed E-state index contributed by atoms with van der Waals surface area (Å²) in [5.41, 5.74) is 1.58. The molecule has 2 aromatic heterocycles. The first-order valence-electron chi connectivity index (χ1n) is 6.16. The smallest absolute Gasteiger partial charge is 0.271 e. The van der Waals surface area contributed by atoms with Crippen molar-refractivity contribution in [3.63, 3.8) is 0 Å². The number of rotatable bonds is 3. The Morgan fingerprint density at radius 2 is 2.00 bits per heavy atom. The molecule has 0 aliphatic heterocycles. The van der Waals surface area contributed by atoms with Crippen molar-refractivity contribution in [3.05, 3.63) is 64.8 Å². The topological polar surface area (TPSA) is 59.3 Å². The second-order valence-corrected chi connectivity index (χ2v) is 4.78. The molecule has 0 saturated carbocycles. The Labute approximate surface area is 124 Å². The molecule has 1 aromatic carbocycles. The quantitative estimate of drug-likeness (QED) is 0.808. The van der Waals surface area contributed by atoms with Gasteiger partial charge in [0.25, 0.3) is 5.91 Å². The maximum absolute atomic E-state index is 12.8. The third-order valence-corrected chi connectivity index (χ3v) is 3.09. The van der Waals surface area contributed by atoms with E-state index in [1.165, 1.54) is 22.8 Å². The van der Waals surface area contributed by atoms with E-state index in [-0.39, 0.29) is 17.4 Å². The molecule has 0 fully saturated rings. The van der Waals surface area contributed by atoms with Gasteiger partial charge in [-0.3, -0.25) is 4.79 Å². The fourth-order valence-corrected chi connectivity index (χ4v) is 1.99. The van der Waals surface area contributed by atoms with Gasteiger partial charge in [0.05, 0.1) is 6.20 Å². The van der Waals surface area contributed by atoms with E-state index in [9.17, 15) is 9.18 Å². The van der Waals surface area contributed by atoms with Crippen LogP contribution in [-0.4, -0.2) is 20.5 Å². The zero-order chi connectivity index (χ0) is 14.8. The molecule has 5 nitrogen and oxygen atoms in total. The van der Waals surface area contributed by atoms with Crippen LogP contribution in [0.4, 0.5) is 4.39 Å². The fraction of sp³-hybridized carbons (Fsp3) is 0.0714. The van der Waals surface area contributed by atoms with E-state index in [1.807, 2.05) is 0 Å². The third kappa shape index (κ3) is 3.00. The SMILES string of the molecule is O=C(NCc1ccc(F)cc1)c1cn2nc(Cl)ccc2n1. The molecule has 3 rings (SSSR count). The van der Waals surface area contributed by atoms with Gasteiger partial charge in [0.15, 0.2) is 5.65 Å². The summed E-state index contributed by atoms with van der Waals surface area (Å²) in [6.07, 6.45) is 1.50. The van der Waals surface area contributed by atoms with Crippen molar-refractivity contribution < 1.29 is 9.18 Å². The highest BCUT2D eigenvalue weighted by Gasteiger charge is 2.11. The average molecular weight is 305 g/mol. The first kappa shape index (κ1) is 13.5. The lowest BCUT2D eigenvalue weighted by Crippen LogP contribution is -2.23. The number of carbonyl (C=O) groups excluding carboxylic acids is 1. The second kappa shape index (κ2) is 5.49. The van der Waals surface area contributed by atoms with Gasteiger partial charge in [-0.1, -0.05) is 23.7 Å². The van der Waals surface area contributed by atoms with E-state index in [4.69, 9.17) is 11.6 Å². The average Bonchev–Trinajstić information content (AvgIpc) is 2.89. The van der Waals surface area contributed by atoms with Crippen LogP contribution in [0, 0.1) is 5.82 Å². The lowest BCUT2D eigenvalue weighted by Gasteiger charge is -2.02. The lowest BCUT2D eigenvalue weighted by molar-refractivity contribution is 0.0946. The van der Waals surface area contributed by atoms with Crippen molar-refractivity contribution in [2.24, 2.45) is 0 Å². The lowest BCUT2D eigenvalue weighted by atomic mass is 10.2. The summed E-state index contributed by atoms with van der Waals surface area (Å²) in [4.78, 5) is 16.2. The fourth-order valence-electron chi connectivity index (χ4n) is 1.84. The van der Waals surface area contributed by atoms with Gasteiger partial charge in [0.1, 0.15) is 16.7 Å². The van der Waals surface area contributed by atoms with Gasteiger partial charge in [-0.2, -0.15) is 5.10 Å². The zero-order valence-corrected chi connectivity index (χ0v) is 11.5. The summed E-state index contributed by atoms with van der Waals surface area (Å²) in [5, 5.41) is 7.03. The van der Waals surface area contributed by atoms with E-state index >= 15 is 0 Å². The number of aromatic nitrogens is 3. The molecular formula is C14H10ClFN4O. The number of hydrogen-bond donors (Lipinski definition) is 1. The minimum absolute atomic E-state index is 0.242. The Kier molecular flexibility index (Phi) is 3.53. The second-order valence-electron chi connectivity index (χ2n) is 4.39. The molecule has 0 aliphatic carbocycles. The zero-order valence-electron chi connectivity index (χ0n) is 10.8. The van der Waals surface area contributed by atoms with Crippen LogP contribution in [0.2, 0.25) is 5.15 Å². The Morgan fingerprint density at radius 1 is 1.24 bits per heavy atom. The minimum atomic E-state index is -0.332. The molecular weight excluding hydrogens is 295 g/mol. The highest BCUT2D eigenvalue weighted by molar-refractivity contribution is 6.29. The normalized spacial score (nSPS) is 10.8. The van der Waals surface area contributed by atoms with Gasteiger partial charge >= 0.3 is 0 Å². The number of fused-ring (bicyclic) bond motifs is 1. The van der Waals surface area contributed by atoms with Gasteiger partial charge in [0.2, 0.25) is 0 Å². The number of carbonyl (C=O) groups is 1. The van der Waals surface area contributed by atoms with E-state index in [0.717, 1.165) is 5.56 Å². The van der Waals surface area contributed by atoms with E-state index in [2.05, 4.69) is 15.4 Å². The van der Waals surface area contributed by atoms with Crippen LogP contribution in [0.25, 0.3) is 5.65 Å². The van der Waals surface area contributed by atoms with Crippen molar-refractivity contribution in [2.45, 2.75) is 6.54 Å². The van der Waals surface area contributed by atoms with Gasteiger partial charge in [-0.05, 0) is 29.8 Å². The van der Waals surface area contributed by atoms with Crippen molar-refractivity contribution in [2.75, 3.05) is 0 Å². The number of halogens is 2. The number of nitrogens with zero attached hydrogens (tertiary/aromatic N) is 3. The summed E-state index contributed by atoms with van der Waals surface area (Å²) in [5.74, 6) is -0.644. The predicted molar refractivity (Wildman–Crippen MR) is 75.6 cm³/mol. The Morgan fingerprint density at radius 3 is 2.76 bits per heavy atom. The summed E-state index contributed by atoms with van der Waals surface area (Å²) >= 11 is 5.77. The number of hydrogen-bond acceptors (Lipinski definition) is 3. The molecule has 0 radical (unpaired) electrons. The van der Waals surface area contributed by atoms with Crippen LogP contribution in [0.3, 0.4) is 0 Å². The van der Waals surface area contributed by atoms with Crippen LogP contribution in [0.15, 0.2) is 42.6 Å².